The molecule has 0 aromatic carbocycles. The van der Waals surface area contributed by atoms with Crippen LogP contribution in [0.15, 0.2) is 18.8 Å². The topological polar surface area (TPSA) is 17.8 Å². The Kier molecular flexibility index (Phi) is 1.16. The van der Waals surface area contributed by atoms with E-state index < -0.39 is 0 Å². The third-order valence-electron chi connectivity index (χ3n) is 1.04. The first-order valence-corrected chi connectivity index (χ1v) is 2.47. The van der Waals surface area contributed by atoms with Crippen LogP contribution in [0.2, 0.25) is 0 Å². The molecule has 2 heteroatoms. The van der Waals surface area contributed by atoms with Crippen molar-refractivity contribution in [3.63, 3.8) is 0 Å². The lowest BCUT2D eigenvalue weighted by Gasteiger charge is -1.89. The minimum atomic E-state index is 0. The van der Waals surface area contributed by atoms with Gasteiger partial charge in [-0.25, -0.2) is 4.68 Å². The van der Waals surface area contributed by atoms with Crippen LogP contribution in [-0.4, -0.2) is 9.78 Å². The van der Waals surface area contributed by atoms with Gasteiger partial charge in [0.25, 0.3) is 0 Å². The Labute approximate surface area is 51.4 Å². The van der Waals surface area contributed by atoms with Crippen molar-refractivity contribution in [2.24, 2.45) is 0 Å². The van der Waals surface area contributed by atoms with Crippen LogP contribution in [0, 0.1) is 6.92 Å². The van der Waals surface area contributed by atoms with Crippen molar-refractivity contribution in [2.45, 2.75) is 6.92 Å². The predicted octanol–water partition coefficient (Wildman–Crippen LogP) is 1.78. The summed E-state index contributed by atoms with van der Waals surface area (Å²) in [5.74, 6) is 0. The van der Waals surface area contributed by atoms with Crippen LogP contribution in [0.4, 0.5) is 0 Å². The van der Waals surface area contributed by atoms with Gasteiger partial charge in [-0.15, -0.1) is 0 Å². The average Bonchev–Trinajstić information content (AvgIpc) is 2.14. The summed E-state index contributed by atoms with van der Waals surface area (Å²) in [5, 5.41) is 3.93. The maximum absolute atomic E-state index is 3.93. The zero-order valence-electron chi connectivity index (χ0n) is 4.83. The van der Waals surface area contributed by atoms with E-state index >= 15 is 0 Å². The molecule has 0 fully saturated rings. The van der Waals surface area contributed by atoms with E-state index in [9.17, 15) is 0 Å². The fourth-order valence-corrected chi connectivity index (χ4v) is 0.572. The molecule has 0 saturated carbocycles. The molecule has 0 bridgehead atoms. The molecule has 0 aliphatic heterocycles. The first kappa shape index (κ1) is 5.09. The Balaban J connectivity index is 0. The second-order valence-electron chi connectivity index (χ2n) is 1.60. The summed E-state index contributed by atoms with van der Waals surface area (Å²) in [5.41, 5.74) is 1.11. The van der Waals surface area contributed by atoms with Crippen LogP contribution in [0.25, 0.3) is 6.20 Å². The zero-order chi connectivity index (χ0) is 5.98. The molecule has 1 aromatic heterocycles. The largest absolute Gasteiger partial charge is 0.246 e. The monoisotopic (exact) mass is 112 g/mol. The molecule has 0 atom stereocenters. The minimum Gasteiger partial charge on any atom is -0.246 e. The van der Waals surface area contributed by atoms with Crippen molar-refractivity contribution < 1.29 is 2.85 Å². The summed E-state index contributed by atoms with van der Waals surface area (Å²) in [4.78, 5) is 0. The van der Waals surface area contributed by atoms with E-state index in [2.05, 4.69) is 11.7 Å². The van der Waals surface area contributed by atoms with Crippen molar-refractivity contribution in [1.29, 1.82) is 0 Å². The molecule has 0 N–H and O–H groups in total. The molecule has 0 unspecified atom stereocenters. The summed E-state index contributed by atoms with van der Waals surface area (Å²) in [6.07, 6.45) is 3.42. The summed E-state index contributed by atoms with van der Waals surface area (Å²) in [7, 11) is 0. The zero-order valence-corrected chi connectivity index (χ0v) is 4.83. The number of rotatable bonds is 1. The highest BCUT2D eigenvalue weighted by Crippen LogP contribution is 1.93. The lowest BCUT2D eigenvalue weighted by Crippen LogP contribution is -1.88. The number of hydrogen-bond donors (Lipinski definition) is 0. The van der Waals surface area contributed by atoms with Gasteiger partial charge in [0.15, 0.2) is 0 Å². The summed E-state index contributed by atoms with van der Waals surface area (Å²) in [6, 6.07) is 1.93. The molecule has 0 saturated heterocycles. The summed E-state index contributed by atoms with van der Waals surface area (Å²) < 4.78 is 1.72. The van der Waals surface area contributed by atoms with E-state index in [0.717, 1.165) is 5.69 Å². The van der Waals surface area contributed by atoms with Crippen molar-refractivity contribution in [3.8, 4) is 0 Å². The van der Waals surface area contributed by atoms with Crippen LogP contribution < -0.4 is 0 Å². The van der Waals surface area contributed by atoms with Crippen LogP contribution in [0.5, 0.6) is 0 Å². The van der Waals surface area contributed by atoms with Crippen molar-refractivity contribution in [1.82, 2.24) is 9.78 Å². The van der Waals surface area contributed by atoms with Crippen LogP contribution in [-0.2, 0) is 0 Å². The Hall–Kier alpha value is -1.05. The van der Waals surface area contributed by atoms with E-state index in [4.69, 9.17) is 0 Å². The molecule has 8 heavy (non-hydrogen) atoms. The van der Waals surface area contributed by atoms with Gasteiger partial charge in [-0.3, -0.25) is 0 Å². The molecule has 1 aromatic rings. The molecule has 46 valence electrons. The van der Waals surface area contributed by atoms with Gasteiger partial charge in [0, 0.05) is 20.9 Å². The van der Waals surface area contributed by atoms with E-state index in [1.807, 2.05) is 13.0 Å². The van der Waals surface area contributed by atoms with Gasteiger partial charge < -0.3 is 0 Å². The van der Waals surface area contributed by atoms with Gasteiger partial charge >= 0.3 is 0 Å². The third-order valence-corrected chi connectivity index (χ3v) is 1.04. The minimum absolute atomic E-state index is 0. The first-order chi connectivity index (χ1) is 3.84. The second-order valence-corrected chi connectivity index (χ2v) is 1.60. The smallest absolute Gasteiger partial charge is 0.0496 e. The van der Waals surface area contributed by atoms with Gasteiger partial charge in [0.2, 0.25) is 0 Å². The molecular weight excluding hydrogens is 100 g/mol. The molecule has 0 amide bonds. The van der Waals surface area contributed by atoms with Gasteiger partial charge in [-0.2, -0.15) is 5.10 Å². The van der Waals surface area contributed by atoms with Gasteiger partial charge in [0.05, 0.1) is 0 Å². The third kappa shape index (κ3) is 0.644. The number of nitrogens with zero attached hydrogens (tertiary/aromatic N) is 2. The van der Waals surface area contributed by atoms with Crippen LogP contribution >= 0.6 is 0 Å². The van der Waals surface area contributed by atoms with E-state index in [1.165, 1.54) is 0 Å². The van der Waals surface area contributed by atoms with Crippen LogP contribution in [0.1, 0.15) is 8.55 Å². The highest BCUT2D eigenvalue weighted by Gasteiger charge is 1.86. The number of hydrogen-bond acceptors (Lipinski definition) is 1. The molecule has 1 rings (SSSR count). The Morgan fingerprint density at radius 1 is 2.00 bits per heavy atom. The van der Waals surface area contributed by atoms with E-state index in [1.54, 1.807) is 17.1 Å². The van der Waals surface area contributed by atoms with Gasteiger partial charge in [-0.1, -0.05) is 6.58 Å². The SMILES string of the molecule is C=Cn1nccc1C.[HH].[HH]. The lowest BCUT2D eigenvalue weighted by molar-refractivity contribution is 0.899. The quantitative estimate of drug-likeness (QED) is 0.541. The number of aryl methyl sites for hydroxylation is 1. The molecule has 0 aliphatic rings. The highest BCUT2D eigenvalue weighted by molar-refractivity contribution is 5.18. The van der Waals surface area contributed by atoms with Crippen molar-refractivity contribution in [2.75, 3.05) is 0 Å². The number of aromatic nitrogens is 2. The maximum atomic E-state index is 3.93. The Morgan fingerprint density at radius 3 is 3.00 bits per heavy atom. The average molecular weight is 112 g/mol. The lowest BCUT2D eigenvalue weighted by atomic mass is 10.5. The molecule has 0 spiro atoms. The van der Waals surface area contributed by atoms with Gasteiger partial charge in [-0.05, 0) is 13.0 Å². The van der Waals surface area contributed by atoms with Crippen LogP contribution in [0.3, 0.4) is 0 Å². The fraction of sp³-hybridized carbons (Fsp3) is 0.167. The molecule has 0 aliphatic carbocycles. The standard InChI is InChI=1S/C6H8N2.2H2/c1-3-8-6(2)4-5-7-8;;/h3-5H,1H2,2H3;2*1H. The summed E-state index contributed by atoms with van der Waals surface area (Å²) in [6.45, 7) is 5.55. The Bertz CT molecular complexity index is 195. The first-order valence-electron chi connectivity index (χ1n) is 2.47. The normalized spacial score (nSPS) is 9.12. The molecule has 1 heterocycles. The van der Waals surface area contributed by atoms with E-state index in [-0.39, 0.29) is 2.85 Å². The fourth-order valence-electron chi connectivity index (χ4n) is 0.572. The Morgan fingerprint density at radius 2 is 2.75 bits per heavy atom. The van der Waals surface area contributed by atoms with E-state index in [0.29, 0.717) is 0 Å². The molecule has 2 nitrogen and oxygen atoms in total. The van der Waals surface area contributed by atoms with Gasteiger partial charge in [0.1, 0.15) is 0 Å². The summed E-state index contributed by atoms with van der Waals surface area (Å²) >= 11 is 0. The highest BCUT2D eigenvalue weighted by atomic mass is 15.3. The maximum Gasteiger partial charge on any atom is 0.0496 e. The van der Waals surface area contributed by atoms with Crippen molar-refractivity contribution in [3.05, 3.63) is 24.5 Å². The predicted molar refractivity (Wildman–Crippen MR) is 37.6 cm³/mol. The second kappa shape index (κ2) is 1.82. The molecule has 0 radical (unpaired) electrons. The molecular formula is C6H12N2. The van der Waals surface area contributed by atoms with Crippen molar-refractivity contribution >= 4 is 6.20 Å².